The normalized spacial score (nSPS) is 28.9. The number of carbonyl (C=O) groups is 1. The number of aliphatic hydroxyl groups is 1. The van der Waals surface area contributed by atoms with Gasteiger partial charge < -0.3 is 15.7 Å². The molecule has 3 N–H and O–H groups in total. The molecule has 5 nitrogen and oxygen atoms in total. The molecule has 1 aromatic rings. The molecule has 3 rings (SSSR count). The standard InChI is InChI=1S/C22H35N3O2/c1-16-9-17(2)14-25(13-16)15-19-5-3-18(4-6-19)11-23-22(27)24-12-20-7-8-21(26)10-20/h3-6,16-17,20-21,26H,7-15H2,1-2H3,(H2,23,24,27). The average Bonchev–Trinajstić information content (AvgIpc) is 3.04. The summed E-state index contributed by atoms with van der Waals surface area (Å²) in [6.45, 7) is 9.26. The van der Waals surface area contributed by atoms with Gasteiger partial charge in [-0.25, -0.2) is 4.79 Å². The van der Waals surface area contributed by atoms with Gasteiger partial charge in [0.15, 0.2) is 0 Å². The molecule has 2 amide bonds. The minimum atomic E-state index is -0.185. The molecule has 0 radical (unpaired) electrons. The van der Waals surface area contributed by atoms with Crippen LogP contribution in [0.15, 0.2) is 24.3 Å². The number of nitrogens with one attached hydrogen (secondary N) is 2. The maximum atomic E-state index is 12.0. The molecule has 1 aromatic carbocycles. The van der Waals surface area contributed by atoms with Crippen molar-refractivity contribution < 1.29 is 9.90 Å². The number of aliphatic hydroxyl groups excluding tert-OH is 1. The number of carbonyl (C=O) groups excluding carboxylic acids is 1. The maximum Gasteiger partial charge on any atom is 0.315 e. The van der Waals surface area contributed by atoms with Crippen molar-refractivity contribution in [3.63, 3.8) is 0 Å². The smallest absolute Gasteiger partial charge is 0.315 e. The van der Waals surface area contributed by atoms with Crippen LogP contribution in [0.5, 0.6) is 0 Å². The summed E-state index contributed by atoms with van der Waals surface area (Å²) in [6, 6.07) is 8.45. The first-order valence-corrected chi connectivity index (χ1v) is 10.5. The first-order chi connectivity index (χ1) is 13.0. The molecule has 2 fully saturated rings. The average molecular weight is 374 g/mol. The fourth-order valence-electron chi connectivity index (χ4n) is 4.66. The van der Waals surface area contributed by atoms with Crippen molar-refractivity contribution in [2.75, 3.05) is 19.6 Å². The molecule has 27 heavy (non-hydrogen) atoms. The predicted octanol–water partition coefficient (Wildman–Crippen LogP) is 3.12. The van der Waals surface area contributed by atoms with Crippen LogP contribution in [0.2, 0.25) is 0 Å². The summed E-state index contributed by atoms with van der Waals surface area (Å²) in [5.41, 5.74) is 2.45. The molecule has 5 heteroatoms. The van der Waals surface area contributed by atoms with Crippen LogP contribution in [-0.4, -0.2) is 41.8 Å². The van der Waals surface area contributed by atoms with Gasteiger partial charge in [0.1, 0.15) is 0 Å². The number of likely N-dealkylation sites (tertiary alicyclic amines) is 1. The zero-order chi connectivity index (χ0) is 19.2. The molecule has 1 aliphatic carbocycles. The van der Waals surface area contributed by atoms with E-state index in [-0.39, 0.29) is 12.1 Å². The highest BCUT2D eigenvalue weighted by Crippen LogP contribution is 2.24. The molecular weight excluding hydrogens is 338 g/mol. The molecule has 1 aliphatic heterocycles. The Kier molecular flexibility index (Phi) is 7.13. The summed E-state index contributed by atoms with van der Waals surface area (Å²) < 4.78 is 0. The van der Waals surface area contributed by atoms with Gasteiger partial charge in [0.05, 0.1) is 6.10 Å². The molecule has 1 saturated heterocycles. The van der Waals surface area contributed by atoms with Crippen molar-refractivity contribution in [1.82, 2.24) is 15.5 Å². The minimum Gasteiger partial charge on any atom is -0.393 e. The molecule has 0 bridgehead atoms. The van der Waals surface area contributed by atoms with Crippen LogP contribution in [0.3, 0.4) is 0 Å². The van der Waals surface area contributed by atoms with Crippen LogP contribution in [0, 0.1) is 17.8 Å². The van der Waals surface area contributed by atoms with Gasteiger partial charge in [-0.2, -0.15) is 0 Å². The lowest BCUT2D eigenvalue weighted by Gasteiger charge is -2.35. The molecular formula is C22H35N3O2. The Hall–Kier alpha value is -1.59. The molecule has 4 atom stereocenters. The zero-order valence-electron chi connectivity index (χ0n) is 16.8. The Balaban J connectivity index is 1.38. The van der Waals surface area contributed by atoms with E-state index in [0.29, 0.717) is 19.0 Å². The summed E-state index contributed by atoms with van der Waals surface area (Å²) in [5.74, 6) is 1.97. The Morgan fingerprint density at radius 1 is 1.04 bits per heavy atom. The quantitative estimate of drug-likeness (QED) is 0.718. The van der Waals surface area contributed by atoms with Crippen LogP contribution in [-0.2, 0) is 13.1 Å². The summed E-state index contributed by atoms with van der Waals surface area (Å²) in [7, 11) is 0. The van der Waals surface area contributed by atoms with E-state index in [1.807, 2.05) is 0 Å². The van der Waals surface area contributed by atoms with Gasteiger partial charge in [0.25, 0.3) is 0 Å². The van der Waals surface area contributed by atoms with E-state index in [1.165, 1.54) is 25.1 Å². The van der Waals surface area contributed by atoms with E-state index < -0.39 is 0 Å². The first-order valence-electron chi connectivity index (χ1n) is 10.5. The monoisotopic (exact) mass is 373 g/mol. The van der Waals surface area contributed by atoms with Gasteiger partial charge in [0.2, 0.25) is 0 Å². The fraction of sp³-hybridized carbons (Fsp3) is 0.682. The van der Waals surface area contributed by atoms with Crippen molar-refractivity contribution in [2.24, 2.45) is 17.8 Å². The molecule has 1 heterocycles. The lowest BCUT2D eigenvalue weighted by atomic mass is 9.91. The Morgan fingerprint density at radius 3 is 2.33 bits per heavy atom. The van der Waals surface area contributed by atoms with Crippen molar-refractivity contribution in [3.05, 3.63) is 35.4 Å². The number of piperidine rings is 1. The van der Waals surface area contributed by atoms with E-state index in [2.05, 4.69) is 53.6 Å². The van der Waals surface area contributed by atoms with Gasteiger partial charge in [-0.15, -0.1) is 0 Å². The van der Waals surface area contributed by atoms with Crippen LogP contribution < -0.4 is 10.6 Å². The van der Waals surface area contributed by atoms with Crippen LogP contribution >= 0.6 is 0 Å². The van der Waals surface area contributed by atoms with E-state index >= 15 is 0 Å². The molecule has 1 saturated carbocycles. The topological polar surface area (TPSA) is 64.6 Å². The lowest BCUT2D eigenvalue weighted by molar-refractivity contribution is 0.134. The highest BCUT2D eigenvalue weighted by atomic mass is 16.3. The van der Waals surface area contributed by atoms with Gasteiger partial charge in [-0.3, -0.25) is 4.90 Å². The summed E-state index contributed by atoms with van der Waals surface area (Å²) >= 11 is 0. The Labute approximate surface area is 163 Å². The number of benzene rings is 1. The van der Waals surface area contributed by atoms with Crippen molar-refractivity contribution in [2.45, 2.75) is 58.7 Å². The third-order valence-corrected chi connectivity index (χ3v) is 5.89. The summed E-state index contributed by atoms with van der Waals surface area (Å²) in [5, 5.41) is 15.4. The van der Waals surface area contributed by atoms with E-state index in [0.717, 1.165) is 43.2 Å². The molecule has 4 unspecified atom stereocenters. The van der Waals surface area contributed by atoms with Crippen LogP contribution in [0.4, 0.5) is 4.79 Å². The molecule has 150 valence electrons. The van der Waals surface area contributed by atoms with Gasteiger partial charge in [-0.1, -0.05) is 38.1 Å². The van der Waals surface area contributed by atoms with Crippen molar-refractivity contribution in [3.8, 4) is 0 Å². The summed E-state index contributed by atoms with van der Waals surface area (Å²) in [6.07, 6.45) is 3.81. The molecule has 0 spiro atoms. The number of amides is 2. The second kappa shape index (κ2) is 9.56. The largest absolute Gasteiger partial charge is 0.393 e. The Bertz CT molecular complexity index is 594. The maximum absolute atomic E-state index is 12.0. The van der Waals surface area contributed by atoms with Crippen molar-refractivity contribution in [1.29, 1.82) is 0 Å². The molecule has 2 aliphatic rings. The SMILES string of the molecule is CC1CC(C)CN(Cc2ccc(CNC(=O)NCC3CCC(O)C3)cc2)C1. The number of hydrogen-bond acceptors (Lipinski definition) is 3. The van der Waals surface area contributed by atoms with Crippen LogP contribution in [0.1, 0.15) is 50.7 Å². The fourth-order valence-corrected chi connectivity index (χ4v) is 4.66. The van der Waals surface area contributed by atoms with Crippen LogP contribution in [0.25, 0.3) is 0 Å². The second-order valence-electron chi connectivity index (χ2n) is 8.85. The van der Waals surface area contributed by atoms with Crippen molar-refractivity contribution >= 4 is 6.03 Å². The van der Waals surface area contributed by atoms with Gasteiger partial charge in [-0.05, 0) is 54.6 Å². The van der Waals surface area contributed by atoms with E-state index in [4.69, 9.17) is 0 Å². The number of urea groups is 1. The molecule has 0 aromatic heterocycles. The lowest BCUT2D eigenvalue weighted by Crippen LogP contribution is -2.38. The number of rotatable bonds is 6. The van der Waals surface area contributed by atoms with E-state index in [1.54, 1.807) is 0 Å². The van der Waals surface area contributed by atoms with Gasteiger partial charge >= 0.3 is 6.03 Å². The zero-order valence-corrected chi connectivity index (χ0v) is 16.8. The number of nitrogens with zero attached hydrogens (tertiary/aromatic N) is 1. The third kappa shape index (κ3) is 6.51. The number of hydrogen-bond donors (Lipinski definition) is 3. The van der Waals surface area contributed by atoms with E-state index in [9.17, 15) is 9.90 Å². The predicted molar refractivity (Wildman–Crippen MR) is 108 cm³/mol. The van der Waals surface area contributed by atoms with Gasteiger partial charge in [0, 0.05) is 32.7 Å². The highest BCUT2D eigenvalue weighted by Gasteiger charge is 2.23. The highest BCUT2D eigenvalue weighted by molar-refractivity contribution is 5.73. The Morgan fingerprint density at radius 2 is 1.70 bits per heavy atom. The summed E-state index contributed by atoms with van der Waals surface area (Å²) in [4.78, 5) is 14.5. The third-order valence-electron chi connectivity index (χ3n) is 5.89. The second-order valence-corrected chi connectivity index (χ2v) is 8.85. The first kappa shape index (κ1) is 20.2. The minimum absolute atomic E-state index is 0.128.